The van der Waals surface area contributed by atoms with Crippen molar-refractivity contribution >= 4 is 17.6 Å². The molecule has 2 fully saturated rings. The van der Waals surface area contributed by atoms with Gasteiger partial charge in [0.1, 0.15) is 17.4 Å². The van der Waals surface area contributed by atoms with Crippen molar-refractivity contribution in [1.29, 1.82) is 0 Å². The molecule has 0 radical (unpaired) electrons. The summed E-state index contributed by atoms with van der Waals surface area (Å²) in [5.74, 6) is -1.18. The van der Waals surface area contributed by atoms with Gasteiger partial charge in [0.05, 0.1) is 41.3 Å². The third-order valence-electron chi connectivity index (χ3n) is 9.36. The summed E-state index contributed by atoms with van der Waals surface area (Å²) in [6, 6.07) is 12.2. The van der Waals surface area contributed by atoms with Gasteiger partial charge in [0.15, 0.2) is 5.69 Å². The van der Waals surface area contributed by atoms with Gasteiger partial charge in [-0.05, 0) is 82.0 Å². The van der Waals surface area contributed by atoms with Crippen LogP contribution in [0.25, 0.3) is 27.6 Å². The van der Waals surface area contributed by atoms with E-state index in [1.165, 1.54) is 34.7 Å². The molecule has 1 amide bonds. The van der Waals surface area contributed by atoms with Crippen molar-refractivity contribution in [3.8, 4) is 22.8 Å². The van der Waals surface area contributed by atoms with Crippen LogP contribution >= 0.6 is 0 Å². The largest absolute Gasteiger partial charge is 0.462 e. The number of rotatable bonds is 7. The summed E-state index contributed by atoms with van der Waals surface area (Å²) in [6.45, 7) is 9.01. The Kier molecular flexibility index (Phi) is 9.47. The van der Waals surface area contributed by atoms with Crippen LogP contribution in [0.5, 0.6) is 0 Å². The molecule has 0 bridgehead atoms. The van der Waals surface area contributed by atoms with Crippen molar-refractivity contribution in [2.45, 2.75) is 56.8 Å². The SMILES string of the molecule is [C-]#[N+]c1ccc(-n2nccc2-c2c(C(=O)NC3CCC(C(=O)OC4CCN(C)CC4)CC3)c(=O)n(-c3cccc(C(F)(F)F)c3)n2C)cc1. The van der Waals surface area contributed by atoms with Crippen LogP contribution < -0.4 is 10.9 Å². The van der Waals surface area contributed by atoms with E-state index in [1.54, 1.807) is 30.3 Å². The smallest absolute Gasteiger partial charge is 0.416 e. The van der Waals surface area contributed by atoms with Crippen molar-refractivity contribution in [3.05, 3.63) is 93.7 Å². The van der Waals surface area contributed by atoms with E-state index in [1.807, 2.05) is 7.05 Å². The highest BCUT2D eigenvalue weighted by Crippen LogP contribution is 2.32. The number of piperidine rings is 1. The van der Waals surface area contributed by atoms with Crippen molar-refractivity contribution in [2.24, 2.45) is 13.0 Å². The average molecular weight is 676 g/mol. The fourth-order valence-electron chi connectivity index (χ4n) is 6.66. The minimum atomic E-state index is -4.65. The van der Waals surface area contributed by atoms with Gasteiger partial charge in [-0.25, -0.2) is 14.2 Å². The fraction of sp³-hybridized carbons (Fsp3) is 0.400. The molecule has 49 heavy (non-hydrogen) atoms. The third kappa shape index (κ3) is 7.03. The maximum absolute atomic E-state index is 14.1. The molecule has 1 aliphatic carbocycles. The molecule has 2 aromatic carbocycles. The Morgan fingerprint density at radius 2 is 1.65 bits per heavy atom. The lowest BCUT2D eigenvalue weighted by molar-refractivity contribution is -0.157. The Hall–Kier alpha value is -5.16. The lowest BCUT2D eigenvalue weighted by Gasteiger charge is -2.32. The molecule has 2 aromatic heterocycles. The molecule has 0 atom stereocenters. The number of nitrogens with one attached hydrogen (secondary N) is 1. The molecular formula is C35H36F3N7O4. The quantitative estimate of drug-likeness (QED) is 0.204. The number of nitrogens with zero attached hydrogens (tertiary/aromatic N) is 6. The number of amides is 1. The van der Waals surface area contributed by atoms with E-state index in [2.05, 4.69) is 20.2 Å². The molecule has 1 saturated carbocycles. The van der Waals surface area contributed by atoms with E-state index >= 15 is 0 Å². The van der Waals surface area contributed by atoms with Crippen LogP contribution in [0.4, 0.5) is 18.9 Å². The summed E-state index contributed by atoms with van der Waals surface area (Å²) >= 11 is 0. The van der Waals surface area contributed by atoms with E-state index in [9.17, 15) is 27.6 Å². The zero-order chi connectivity index (χ0) is 34.9. The first kappa shape index (κ1) is 33.7. The molecular weight excluding hydrogens is 639 g/mol. The van der Waals surface area contributed by atoms with Gasteiger partial charge in [-0.3, -0.25) is 19.1 Å². The first-order chi connectivity index (χ1) is 23.4. The fourth-order valence-corrected chi connectivity index (χ4v) is 6.66. The van der Waals surface area contributed by atoms with E-state index in [0.29, 0.717) is 42.8 Å². The van der Waals surface area contributed by atoms with Crippen LogP contribution in [-0.4, -0.2) is 68.2 Å². The lowest BCUT2D eigenvalue weighted by Crippen LogP contribution is -2.41. The van der Waals surface area contributed by atoms with E-state index in [0.717, 1.165) is 42.7 Å². The zero-order valence-corrected chi connectivity index (χ0v) is 27.1. The monoisotopic (exact) mass is 675 g/mol. The van der Waals surface area contributed by atoms with Gasteiger partial charge < -0.3 is 15.0 Å². The van der Waals surface area contributed by atoms with Gasteiger partial charge in [-0.2, -0.15) is 18.3 Å². The molecule has 2 aliphatic rings. The standard InChI is InChI=1S/C35H36F3N7O4/c1-39-24-11-13-26(14-12-24)44-29(15-18-40-44)31-30(33(47)45(43(31)3)27-6-4-5-23(21-27)35(36,37)38)32(46)41-25-9-7-22(8-10-25)34(48)49-28-16-19-42(2)20-17-28/h4-6,11-15,18,21-22,25,28H,7-10,16-17,19-20H2,2-3H3,(H,41,46). The molecule has 256 valence electrons. The number of aromatic nitrogens is 4. The zero-order valence-electron chi connectivity index (χ0n) is 27.1. The Bertz CT molecular complexity index is 1940. The number of carbonyl (C=O) groups is 2. The molecule has 4 aromatic rings. The maximum atomic E-state index is 14.1. The molecule has 3 heterocycles. The van der Waals surface area contributed by atoms with Crippen molar-refractivity contribution in [1.82, 2.24) is 29.4 Å². The first-order valence-corrected chi connectivity index (χ1v) is 16.2. The summed E-state index contributed by atoms with van der Waals surface area (Å²) in [6.07, 6.45) is 0.366. The number of likely N-dealkylation sites (tertiary alicyclic amines) is 1. The Morgan fingerprint density at radius 3 is 2.31 bits per heavy atom. The normalized spacial score (nSPS) is 18.9. The summed E-state index contributed by atoms with van der Waals surface area (Å²) in [4.78, 5) is 46.6. The number of alkyl halides is 3. The summed E-state index contributed by atoms with van der Waals surface area (Å²) in [5, 5.41) is 7.35. The number of carbonyl (C=O) groups excluding carboxylic acids is 2. The Labute approximate surface area is 280 Å². The minimum absolute atomic E-state index is 0.0706. The second-order valence-corrected chi connectivity index (χ2v) is 12.6. The summed E-state index contributed by atoms with van der Waals surface area (Å²) in [5.41, 5.74) is -0.646. The van der Waals surface area contributed by atoms with Gasteiger partial charge in [0.25, 0.3) is 11.5 Å². The van der Waals surface area contributed by atoms with Crippen LogP contribution in [-0.2, 0) is 22.8 Å². The van der Waals surface area contributed by atoms with Crippen LogP contribution in [0.15, 0.2) is 65.6 Å². The molecule has 0 spiro atoms. The Morgan fingerprint density at radius 1 is 0.959 bits per heavy atom. The molecule has 14 heteroatoms. The van der Waals surface area contributed by atoms with E-state index in [4.69, 9.17) is 11.3 Å². The van der Waals surface area contributed by atoms with E-state index < -0.39 is 23.2 Å². The molecule has 1 saturated heterocycles. The number of esters is 1. The molecule has 0 unspecified atom stereocenters. The van der Waals surface area contributed by atoms with Gasteiger partial charge in [-0.15, -0.1) is 0 Å². The highest BCUT2D eigenvalue weighted by molar-refractivity contribution is 6.00. The highest BCUT2D eigenvalue weighted by atomic mass is 19.4. The summed E-state index contributed by atoms with van der Waals surface area (Å²) < 4.78 is 50.7. The predicted octanol–water partition coefficient (Wildman–Crippen LogP) is 5.52. The second kappa shape index (κ2) is 13.8. The highest BCUT2D eigenvalue weighted by Gasteiger charge is 2.35. The molecule has 6 rings (SSSR count). The van der Waals surface area contributed by atoms with Crippen LogP contribution in [0.3, 0.4) is 0 Å². The van der Waals surface area contributed by atoms with Crippen LogP contribution in [0.1, 0.15) is 54.4 Å². The number of benzene rings is 2. The van der Waals surface area contributed by atoms with Crippen molar-refractivity contribution in [2.75, 3.05) is 20.1 Å². The van der Waals surface area contributed by atoms with Gasteiger partial charge in [-0.1, -0.05) is 18.2 Å². The maximum Gasteiger partial charge on any atom is 0.416 e. The van der Waals surface area contributed by atoms with Crippen LogP contribution in [0, 0.1) is 12.5 Å². The number of hydrogen-bond acceptors (Lipinski definition) is 6. The van der Waals surface area contributed by atoms with Crippen LogP contribution in [0.2, 0.25) is 0 Å². The van der Waals surface area contributed by atoms with Crippen molar-refractivity contribution in [3.63, 3.8) is 0 Å². The van der Waals surface area contributed by atoms with Gasteiger partial charge in [0.2, 0.25) is 0 Å². The van der Waals surface area contributed by atoms with E-state index in [-0.39, 0.29) is 41.0 Å². The molecule has 11 nitrogen and oxygen atoms in total. The minimum Gasteiger partial charge on any atom is -0.462 e. The Balaban J connectivity index is 1.30. The number of halogens is 3. The first-order valence-electron chi connectivity index (χ1n) is 16.2. The average Bonchev–Trinajstić information content (AvgIpc) is 3.67. The number of ether oxygens (including phenoxy) is 1. The lowest BCUT2D eigenvalue weighted by atomic mass is 9.86. The molecule has 1 aliphatic heterocycles. The van der Waals surface area contributed by atoms with Crippen molar-refractivity contribution < 1.29 is 27.5 Å². The topological polar surface area (TPSA) is 108 Å². The summed E-state index contributed by atoms with van der Waals surface area (Å²) in [7, 11) is 3.53. The third-order valence-corrected chi connectivity index (χ3v) is 9.36. The van der Waals surface area contributed by atoms with Gasteiger partial charge >= 0.3 is 12.1 Å². The van der Waals surface area contributed by atoms with Gasteiger partial charge in [0, 0.05) is 26.2 Å². The number of hydrogen-bond donors (Lipinski definition) is 1. The second-order valence-electron chi connectivity index (χ2n) is 12.6. The predicted molar refractivity (Wildman–Crippen MR) is 175 cm³/mol. The molecule has 1 N–H and O–H groups in total.